The number of ether oxygens (including phenoxy) is 4. The zero-order chi connectivity index (χ0) is 21.4. The molecule has 156 valence electrons. The van der Waals surface area contributed by atoms with Gasteiger partial charge in [0.05, 0.1) is 18.1 Å². The second-order valence-corrected chi connectivity index (χ2v) is 7.32. The van der Waals surface area contributed by atoms with Crippen molar-refractivity contribution in [1.82, 2.24) is 0 Å². The highest BCUT2D eigenvalue weighted by Gasteiger charge is 2.18. The lowest BCUT2D eigenvalue weighted by molar-refractivity contribution is 0.174. The van der Waals surface area contributed by atoms with Crippen molar-refractivity contribution in [3.05, 3.63) is 82.2 Å². The zero-order valence-electron chi connectivity index (χ0n) is 17.1. The van der Waals surface area contributed by atoms with Crippen LogP contribution in [0.2, 0.25) is 0 Å². The van der Waals surface area contributed by atoms with Crippen molar-refractivity contribution in [3.8, 4) is 34.1 Å². The number of hydrogen-bond acceptors (Lipinski definition) is 6. The van der Waals surface area contributed by atoms with Crippen LogP contribution in [0.3, 0.4) is 0 Å². The van der Waals surface area contributed by atoms with Gasteiger partial charge in [-0.2, -0.15) is 0 Å². The van der Waals surface area contributed by atoms with Crippen molar-refractivity contribution < 1.29 is 23.4 Å². The lowest BCUT2D eigenvalue weighted by Crippen LogP contribution is -2.06. The summed E-state index contributed by atoms with van der Waals surface area (Å²) >= 11 is 0. The number of fused-ring (bicyclic) bond motifs is 2. The van der Waals surface area contributed by atoms with Gasteiger partial charge >= 0.3 is 0 Å². The van der Waals surface area contributed by atoms with Crippen LogP contribution in [-0.2, 0) is 6.61 Å². The molecule has 0 saturated carbocycles. The fourth-order valence-corrected chi connectivity index (χ4v) is 3.52. The summed E-state index contributed by atoms with van der Waals surface area (Å²) in [7, 11) is 1.55. The van der Waals surface area contributed by atoms with E-state index in [1.165, 1.54) is 11.8 Å². The average molecular weight is 416 g/mol. The topological polar surface area (TPSA) is 67.1 Å². The molecule has 3 aromatic carbocycles. The van der Waals surface area contributed by atoms with Crippen LogP contribution in [0.1, 0.15) is 11.1 Å². The molecule has 0 amide bonds. The second kappa shape index (κ2) is 7.72. The van der Waals surface area contributed by atoms with Gasteiger partial charge < -0.3 is 23.4 Å². The minimum atomic E-state index is -0.164. The van der Waals surface area contributed by atoms with E-state index in [1.807, 2.05) is 37.3 Å². The van der Waals surface area contributed by atoms with E-state index in [2.05, 4.69) is 0 Å². The Bertz CT molecular complexity index is 1320. The lowest BCUT2D eigenvalue weighted by atomic mass is 10.0. The van der Waals surface area contributed by atoms with Crippen LogP contribution in [0.5, 0.6) is 23.0 Å². The number of hydrogen-bond donors (Lipinski definition) is 0. The van der Waals surface area contributed by atoms with E-state index in [1.54, 1.807) is 31.4 Å². The standard InChI is InChI=1S/C25H20O6/c1-15-3-5-16(6-4-15)12-28-24-10-18-21(11-22(24)27-2)29-13-19(25(18)26)17-7-8-20-23(9-17)31-14-30-20/h3-11,13H,12,14H2,1-2H3. The van der Waals surface area contributed by atoms with Crippen LogP contribution in [0.25, 0.3) is 22.1 Å². The Morgan fingerprint density at radius 2 is 1.74 bits per heavy atom. The fourth-order valence-electron chi connectivity index (χ4n) is 3.52. The molecule has 1 aliphatic heterocycles. The predicted octanol–water partition coefficient (Wildman–Crippen LogP) is 5.08. The Kier molecular flexibility index (Phi) is 4.75. The zero-order valence-corrected chi connectivity index (χ0v) is 17.1. The van der Waals surface area contributed by atoms with E-state index in [0.717, 1.165) is 5.56 Å². The van der Waals surface area contributed by atoms with Crippen molar-refractivity contribution in [3.63, 3.8) is 0 Å². The number of rotatable bonds is 5. The second-order valence-electron chi connectivity index (χ2n) is 7.32. The van der Waals surface area contributed by atoms with Gasteiger partial charge in [-0.15, -0.1) is 0 Å². The number of aryl methyl sites for hydroxylation is 1. The van der Waals surface area contributed by atoms with Gasteiger partial charge in [0.25, 0.3) is 0 Å². The molecule has 2 heterocycles. The summed E-state index contributed by atoms with van der Waals surface area (Å²) in [5, 5.41) is 0.412. The molecule has 0 radical (unpaired) electrons. The van der Waals surface area contributed by atoms with Crippen LogP contribution >= 0.6 is 0 Å². The first-order valence-corrected chi connectivity index (χ1v) is 9.84. The minimum absolute atomic E-state index is 0.164. The summed E-state index contributed by atoms with van der Waals surface area (Å²) in [5.41, 5.74) is 3.59. The molecule has 0 unspecified atom stereocenters. The van der Waals surface area contributed by atoms with Gasteiger partial charge in [0.1, 0.15) is 18.5 Å². The van der Waals surface area contributed by atoms with E-state index in [4.69, 9.17) is 23.4 Å². The molecule has 0 atom stereocenters. The third kappa shape index (κ3) is 3.57. The molecule has 0 aliphatic carbocycles. The third-order valence-corrected chi connectivity index (χ3v) is 5.26. The Morgan fingerprint density at radius 1 is 0.935 bits per heavy atom. The Morgan fingerprint density at radius 3 is 2.55 bits per heavy atom. The normalized spacial score (nSPS) is 12.2. The summed E-state index contributed by atoms with van der Waals surface area (Å²) in [6, 6.07) is 16.8. The molecule has 5 rings (SSSR count). The first-order chi connectivity index (χ1) is 15.1. The first-order valence-electron chi connectivity index (χ1n) is 9.84. The van der Waals surface area contributed by atoms with Crippen LogP contribution in [-0.4, -0.2) is 13.9 Å². The van der Waals surface area contributed by atoms with Gasteiger partial charge in [-0.1, -0.05) is 35.9 Å². The Balaban J connectivity index is 1.53. The first kappa shape index (κ1) is 19.1. The SMILES string of the molecule is COc1cc2occ(-c3ccc4c(c3)OCO4)c(=O)c2cc1OCc1ccc(C)cc1. The molecule has 0 spiro atoms. The molecule has 0 bridgehead atoms. The quantitative estimate of drug-likeness (QED) is 0.452. The highest BCUT2D eigenvalue weighted by molar-refractivity contribution is 5.85. The van der Waals surface area contributed by atoms with E-state index in [9.17, 15) is 4.79 Å². The van der Waals surface area contributed by atoms with E-state index >= 15 is 0 Å². The lowest BCUT2D eigenvalue weighted by Gasteiger charge is -2.12. The molecule has 6 nitrogen and oxygen atoms in total. The molecule has 0 saturated heterocycles. The van der Waals surface area contributed by atoms with Crippen LogP contribution in [0, 0.1) is 6.92 Å². The highest BCUT2D eigenvalue weighted by Crippen LogP contribution is 2.36. The summed E-state index contributed by atoms with van der Waals surface area (Å²) in [5.74, 6) is 2.24. The maximum Gasteiger partial charge on any atom is 0.231 e. The third-order valence-electron chi connectivity index (χ3n) is 5.26. The van der Waals surface area contributed by atoms with Gasteiger partial charge in [-0.05, 0) is 36.2 Å². The van der Waals surface area contributed by atoms with Crippen molar-refractivity contribution in [2.24, 2.45) is 0 Å². The molecular formula is C25H20O6. The van der Waals surface area contributed by atoms with Crippen molar-refractivity contribution >= 4 is 11.0 Å². The van der Waals surface area contributed by atoms with Gasteiger partial charge in [0, 0.05) is 6.07 Å². The molecular weight excluding hydrogens is 396 g/mol. The number of methoxy groups -OCH3 is 1. The predicted molar refractivity (Wildman–Crippen MR) is 116 cm³/mol. The van der Waals surface area contributed by atoms with Crippen molar-refractivity contribution in [2.75, 3.05) is 13.9 Å². The molecule has 1 aromatic heterocycles. The Labute approximate surface area is 178 Å². The summed E-state index contributed by atoms with van der Waals surface area (Å²) in [6.07, 6.45) is 1.45. The molecule has 4 aromatic rings. The molecule has 0 N–H and O–H groups in total. The molecule has 1 aliphatic rings. The smallest absolute Gasteiger partial charge is 0.231 e. The summed E-state index contributed by atoms with van der Waals surface area (Å²) < 4.78 is 28.0. The summed E-state index contributed by atoms with van der Waals surface area (Å²) in [4.78, 5) is 13.3. The van der Waals surface area contributed by atoms with Crippen LogP contribution < -0.4 is 24.4 Å². The maximum atomic E-state index is 13.3. The van der Waals surface area contributed by atoms with Gasteiger partial charge in [-0.3, -0.25) is 4.79 Å². The van der Waals surface area contributed by atoms with Gasteiger partial charge in [0.2, 0.25) is 12.2 Å². The molecule has 0 fully saturated rings. The number of benzene rings is 3. The van der Waals surface area contributed by atoms with Gasteiger partial charge in [0.15, 0.2) is 23.0 Å². The average Bonchev–Trinajstić information content (AvgIpc) is 3.26. The maximum absolute atomic E-state index is 13.3. The molecule has 6 heteroatoms. The van der Waals surface area contributed by atoms with Crippen molar-refractivity contribution in [2.45, 2.75) is 13.5 Å². The van der Waals surface area contributed by atoms with Gasteiger partial charge in [-0.25, -0.2) is 0 Å². The van der Waals surface area contributed by atoms with E-state index in [-0.39, 0.29) is 12.2 Å². The summed E-state index contributed by atoms with van der Waals surface area (Å²) in [6.45, 7) is 2.57. The monoisotopic (exact) mass is 416 g/mol. The van der Waals surface area contributed by atoms with E-state index in [0.29, 0.717) is 51.7 Å². The van der Waals surface area contributed by atoms with Crippen LogP contribution in [0.4, 0.5) is 0 Å². The molecule has 31 heavy (non-hydrogen) atoms. The minimum Gasteiger partial charge on any atom is -0.493 e. The Hall–Kier alpha value is -3.93. The highest BCUT2D eigenvalue weighted by atomic mass is 16.7. The van der Waals surface area contributed by atoms with Crippen molar-refractivity contribution in [1.29, 1.82) is 0 Å². The largest absolute Gasteiger partial charge is 0.493 e. The van der Waals surface area contributed by atoms with Crippen LogP contribution in [0.15, 0.2) is 70.1 Å². The fraction of sp³-hybridized carbons (Fsp3) is 0.160. The van der Waals surface area contributed by atoms with E-state index < -0.39 is 0 Å².